The number of ether oxygens (including phenoxy) is 1. The Morgan fingerprint density at radius 2 is 1.81 bits per heavy atom. The standard InChI is InChI=1S/C15H12BrF3O2/c1-9-12(6-3-7-13(9)16)14(20)10-4-2-5-11(8-10)21-15(17,18)19/h2-8,14,20H,1H3. The van der Waals surface area contributed by atoms with Gasteiger partial charge in [0.05, 0.1) is 0 Å². The molecule has 0 amide bonds. The van der Waals surface area contributed by atoms with Crippen LogP contribution >= 0.6 is 15.9 Å². The second kappa shape index (κ2) is 6.07. The van der Waals surface area contributed by atoms with Gasteiger partial charge in [0.2, 0.25) is 0 Å². The van der Waals surface area contributed by atoms with Gasteiger partial charge in [0.1, 0.15) is 11.9 Å². The first-order chi connectivity index (χ1) is 9.78. The molecule has 2 aromatic rings. The normalized spacial score (nSPS) is 13.0. The summed E-state index contributed by atoms with van der Waals surface area (Å²) < 4.78 is 41.4. The summed E-state index contributed by atoms with van der Waals surface area (Å²) in [5.41, 5.74) is 1.78. The third-order valence-corrected chi connectivity index (χ3v) is 3.87. The molecule has 112 valence electrons. The first-order valence-electron chi connectivity index (χ1n) is 6.07. The monoisotopic (exact) mass is 360 g/mol. The Labute approximate surface area is 128 Å². The van der Waals surface area contributed by atoms with Gasteiger partial charge in [0.25, 0.3) is 0 Å². The van der Waals surface area contributed by atoms with Crippen LogP contribution in [0.2, 0.25) is 0 Å². The predicted octanol–water partition coefficient (Wildman–Crippen LogP) is 4.74. The third kappa shape index (κ3) is 3.98. The highest BCUT2D eigenvalue weighted by molar-refractivity contribution is 9.10. The zero-order valence-corrected chi connectivity index (χ0v) is 12.6. The van der Waals surface area contributed by atoms with Crippen molar-refractivity contribution in [3.8, 4) is 5.75 Å². The van der Waals surface area contributed by atoms with Gasteiger partial charge in [-0.2, -0.15) is 0 Å². The van der Waals surface area contributed by atoms with Crippen molar-refractivity contribution in [2.45, 2.75) is 19.4 Å². The fraction of sp³-hybridized carbons (Fsp3) is 0.200. The lowest BCUT2D eigenvalue weighted by molar-refractivity contribution is -0.274. The van der Waals surface area contributed by atoms with Gasteiger partial charge in [-0.3, -0.25) is 0 Å². The maximum Gasteiger partial charge on any atom is 0.573 e. The number of alkyl halides is 3. The molecular weight excluding hydrogens is 349 g/mol. The number of rotatable bonds is 3. The van der Waals surface area contributed by atoms with Crippen molar-refractivity contribution in [1.82, 2.24) is 0 Å². The number of aliphatic hydroxyl groups excluding tert-OH is 1. The van der Waals surface area contributed by atoms with Gasteiger partial charge in [-0.05, 0) is 41.8 Å². The number of halogens is 4. The van der Waals surface area contributed by atoms with Crippen LogP contribution in [-0.4, -0.2) is 11.5 Å². The van der Waals surface area contributed by atoms with E-state index in [1.54, 1.807) is 18.2 Å². The van der Waals surface area contributed by atoms with Crippen molar-refractivity contribution in [3.05, 3.63) is 63.6 Å². The minimum Gasteiger partial charge on any atom is -0.406 e. The largest absolute Gasteiger partial charge is 0.573 e. The molecule has 0 heterocycles. The van der Waals surface area contributed by atoms with E-state index in [1.807, 2.05) is 13.0 Å². The SMILES string of the molecule is Cc1c(Br)cccc1C(O)c1cccc(OC(F)(F)F)c1. The molecule has 0 saturated carbocycles. The van der Waals surface area contributed by atoms with E-state index < -0.39 is 12.5 Å². The summed E-state index contributed by atoms with van der Waals surface area (Å²) in [5, 5.41) is 10.4. The Kier molecular flexibility index (Phi) is 4.58. The van der Waals surface area contributed by atoms with Crippen LogP contribution in [0.1, 0.15) is 22.8 Å². The van der Waals surface area contributed by atoms with E-state index in [9.17, 15) is 18.3 Å². The van der Waals surface area contributed by atoms with Crippen molar-refractivity contribution in [3.63, 3.8) is 0 Å². The summed E-state index contributed by atoms with van der Waals surface area (Å²) in [7, 11) is 0. The Hall–Kier alpha value is -1.53. The fourth-order valence-electron chi connectivity index (χ4n) is 1.98. The number of hydrogen-bond acceptors (Lipinski definition) is 2. The molecule has 0 radical (unpaired) electrons. The van der Waals surface area contributed by atoms with E-state index in [4.69, 9.17) is 0 Å². The highest BCUT2D eigenvalue weighted by atomic mass is 79.9. The molecule has 0 bridgehead atoms. The Balaban J connectivity index is 2.33. The van der Waals surface area contributed by atoms with Crippen molar-refractivity contribution in [1.29, 1.82) is 0 Å². The van der Waals surface area contributed by atoms with Gasteiger partial charge in [-0.1, -0.05) is 40.2 Å². The Morgan fingerprint density at radius 1 is 1.14 bits per heavy atom. The lowest BCUT2D eigenvalue weighted by Gasteiger charge is -2.16. The molecule has 0 fully saturated rings. The maximum atomic E-state index is 12.2. The molecule has 0 aliphatic heterocycles. The quantitative estimate of drug-likeness (QED) is 0.856. The summed E-state index contributed by atoms with van der Waals surface area (Å²) in [6, 6.07) is 10.6. The smallest absolute Gasteiger partial charge is 0.406 e. The minimum absolute atomic E-state index is 0.331. The van der Waals surface area contributed by atoms with Crippen molar-refractivity contribution in [2.75, 3.05) is 0 Å². The van der Waals surface area contributed by atoms with Crippen LogP contribution in [0.3, 0.4) is 0 Å². The van der Waals surface area contributed by atoms with Crippen LogP contribution in [0, 0.1) is 6.92 Å². The topological polar surface area (TPSA) is 29.5 Å². The average molecular weight is 361 g/mol. The van der Waals surface area contributed by atoms with Crippen molar-refractivity contribution < 1.29 is 23.0 Å². The molecule has 0 spiro atoms. The molecule has 1 atom stereocenters. The summed E-state index contributed by atoms with van der Waals surface area (Å²) in [4.78, 5) is 0. The fourth-order valence-corrected chi connectivity index (χ4v) is 2.36. The van der Waals surface area contributed by atoms with Crippen LogP contribution in [-0.2, 0) is 0 Å². The van der Waals surface area contributed by atoms with E-state index in [-0.39, 0.29) is 5.75 Å². The van der Waals surface area contributed by atoms with Gasteiger partial charge in [0.15, 0.2) is 0 Å². The number of benzene rings is 2. The second-order valence-corrected chi connectivity index (χ2v) is 5.33. The van der Waals surface area contributed by atoms with Gasteiger partial charge in [-0.25, -0.2) is 0 Å². The van der Waals surface area contributed by atoms with Crippen LogP contribution in [0.4, 0.5) is 13.2 Å². The minimum atomic E-state index is -4.75. The Morgan fingerprint density at radius 3 is 2.48 bits per heavy atom. The van der Waals surface area contributed by atoms with Gasteiger partial charge in [0, 0.05) is 4.47 Å². The van der Waals surface area contributed by atoms with E-state index in [0.717, 1.165) is 10.0 Å². The van der Waals surface area contributed by atoms with E-state index in [1.165, 1.54) is 18.2 Å². The van der Waals surface area contributed by atoms with Crippen molar-refractivity contribution >= 4 is 15.9 Å². The molecule has 2 nitrogen and oxygen atoms in total. The Bertz CT molecular complexity index is 641. The van der Waals surface area contributed by atoms with Gasteiger partial charge >= 0.3 is 6.36 Å². The molecule has 2 aromatic carbocycles. The molecule has 21 heavy (non-hydrogen) atoms. The highest BCUT2D eigenvalue weighted by Gasteiger charge is 2.31. The van der Waals surface area contributed by atoms with Crippen LogP contribution in [0.5, 0.6) is 5.75 Å². The molecule has 1 N–H and O–H groups in total. The van der Waals surface area contributed by atoms with Crippen LogP contribution < -0.4 is 4.74 Å². The molecular formula is C15H12BrF3O2. The summed E-state index contributed by atoms with van der Waals surface area (Å²) >= 11 is 3.36. The zero-order valence-electron chi connectivity index (χ0n) is 11.0. The molecule has 1 unspecified atom stereocenters. The highest BCUT2D eigenvalue weighted by Crippen LogP contribution is 2.31. The molecule has 2 rings (SSSR count). The van der Waals surface area contributed by atoms with Crippen molar-refractivity contribution in [2.24, 2.45) is 0 Å². The first kappa shape index (κ1) is 15.9. The second-order valence-electron chi connectivity index (χ2n) is 4.48. The molecule has 0 aliphatic rings. The molecule has 6 heteroatoms. The van der Waals surface area contributed by atoms with Crippen LogP contribution in [0.15, 0.2) is 46.9 Å². The molecule has 0 saturated heterocycles. The zero-order chi connectivity index (χ0) is 15.6. The van der Waals surface area contributed by atoms with Gasteiger partial charge in [-0.15, -0.1) is 13.2 Å². The third-order valence-electron chi connectivity index (χ3n) is 3.01. The lowest BCUT2D eigenvalue weighted by atomic mass is 9.97. The molecule has 0 aromatic heterocycles. The number of aliphatic hydroxyl groups is 1. The van der Waals surface area contributed by atoms with E-state index in [2.05, 4.69) is 20.7 Å². The first-order valence-corrected chi connectivity index (χ1v) is 6.86. The predicted molar refractivity (Wildman–Crippen MR) is 76.1 cm³/mol. The lowest BCUT2D eigenvalue weighted by Crippen LogP contribution is -2.17. The molecule has 0 aliphatic carbocycles. The number of hydrogen-bond donors (Lipinski definition) is 1. The van der Waals surface area contributed by atoms with E-state index in [0.29, 0.717) is 11.1 Å². The summed E-state index contributed by atoms with van der Waals surface area (Å²) in [5.74, 6) is -0.355. The van der Waals surface area contributed by atoms with Gasteiger partial charge < -0.3 is 9.84 Å². The summed E-state index contributed by atoms with van der Waals surface area (Å²) in [6.45, 7) is 1.82. The van der Waals surface area contributed by atoms with Crippen LogP contribution in [0.25, 0.3) is 0 Å². The average Bonchev–Trinajstić information content (AvgIpc) is 2.39. The van der Waals surface area contributed by atoms with E-state index >= 15 is 0 Å². The maximum absolute atomic E-state index is 12.2. The summed E-state index contributed by atoms with van der Waals surface area (Å²) in [6.07, 6.45) is -5.78.